The molecule has 0 bridgehead atoms. The van der Waals surface area contributed by atoms with Gasteiger partial charge in [-0.2, -0.15) is 0 Å². The van der Waals surface area contributed by atoms with Gasteiger partial charge in [0.1, 0.15) is 16.5 Å². The maximum atomic E-state index is 13.2. The highest BCUT2D eigenvalue weighted by atomic mass is 35.5. The minimum atomic E-state index is -0.330. The number of para-hydroxylation sites is 2. The van der Waals surface area contributed by atoms with Crippen LogP contribution in [-0.4, -0.2) is 25.0 Å². The zero-order valence-electron chi connectivity index (χ0n) is 17.6. The van der Waals surface area contributed by atoms with E-state index in [4.69, 9.17) is 21.1 Å². The van der Waals surface area contributed by atoms with Crippen molar-refractivity contribution in [3.05, 3.63) is 69.6 Å². The molecule has 0 saturated carbocycles. The smallest absolute Gasteiger partial charge is 0.262 e. The zero-order chi connectivity index (χ0) is 22.5. The molecule has 0 atom stereocenters. The lowest BCUT2D eigenvalue weighted by Crippen LogP contribution is -2.22. The number of ether oxygens (including phenoxy) is 2. The number of benzene rings is 2. The first-order valence-corrected chi connectivity index (χ1v) is 11.6. The van der Waals surface area contributed by atoms with Gasteiger partial charge in [-0.3, -0.25) is 9.59 Å². The van der Waals surface area contributed by atoms with Crippen molar-refractivity contribution < 1.29 is 19.1 Å². The Morgan fingerprint density at radius 2 is 1.81 bits per heavy atom. The van der Waals surface area contributed by atoms with Crippen LogP contribution in [0.5, 0.6) is 11.5 Å². The summed E-state index contributed by atoms with van der Waals surface area (Å²) in [5.41, 5.74) is 2.13. The lowest BCUT2D eigenvalue weighted by molar-refractivity contribution is -0.118. The number of carbonyl (C=O) groups is 2. The Kier molecular flexibility index (Phi) is 6.97. The number of halogens is 1. The van der Waals surface area contributed by atoms with Gasteiger partial charge in [0, 0.05) is 9.90 Å². The van der Waals surface area contributed by atoms with Gasteiger partial charge in [-0.25, -0.2) is 0 Å². The zero-order valence-corrected chi connectivity index (χ0v) is 19.1. The fourth-order valence-corrected chi connectivity index (χ4v) is 5.04. The number of amides is 2. The van der Waals surface area contributed by atoms with E-state index in [9.17, 15) is 9.59 Å². The average Bonchev–Trinajstić information content (AvgIpc) is 3.35. The van der Waals surface area contributed by atoms with Crippen molar-refractivity contribution in [3.8, 4) is 11.5 Å². The van der Waals surface area contributed by atoms with Crippen molar-refractivity contribution in [2.24, 2.45) is 0 Å². The van der Waals surface area contributed by atoms with Crippen LogP contribution in [0.2, 0.25) is 5.02 Å². The number of rotatable bonds is 8. The Labute approximate surface area is 195 Å². The Hall–Kier alpha value is -3.03. The van der Waals surface area contributed by atoms with Crippen LogP contribution in [0.1, 0.15) is 34.1 Å². The van der Waals surface area contributed by atoms with Crippen LogP contribution in [0.3, 0.4) is 0 Å². The first kappa shape index (κ1) is 22.2. The topological polar surface area (TPSA) is 76.7 Å². The highest BCUT2D eigenvalue weighted by molar-refractivity contribution is 7.17. The molecule has 2 aromatic carbocycles. The number of hydrogen-bond donors (Lipinski definition) is 2. The lowest BCUT2D eigenvalue weighted by atomic mass is 10.1. The molecule has 3 aromatic rings. The molecule has 6 nitrogen and oxygen atoms in total. The van der Waals surface area contributed by atoms with Crippen molar-refractivity contribution >= 4 is 45.4 Å². The molecule has 1 aromatic heterocycles. The number of fused-ring (bicyclic) bond motifs is 1. The quantitative estimate of drug-likeness (QED) is 0.452. The molecule has 1 aliphatic rings. The number of anilines is 2. The molecular formula is C24H23ClN2O4S. The molecule has 0 spiro atoms. The summed E-state index contributed by atoms with van der Waals surface area (Å²) in [4.78, 5) is 26.9. The molecule has 1 heterocycles. The molecule has 8 heteroatoms. The molecule has 4 rings (SSSR count). The summed E-state index contributed by atoms with van der Waals surface area (Å²) in [6.45, 7) is 2.22. The first-order valence-electron chi connectivity index (χ1n) is 10.4. The summed E-state index contributed by atoms with van der Waals surface area (Å²) in [5, 5.41) is 6.96. The summed E-state index contributed by atoms with van der Waals surface area (Å²) in [5.74, 6) is 0.565. The van der Waals surface area contributed by atoms with Gasteiger partial charge >= 0.3 is 0 Å². The van der Waals surface area contributed by atoms with Gasteiger partial charge in [0.25, 0.3) is 11.8 Å². The van der Waals surface area contributed by atoms with E-state index in [1.165, 1.54) is 11.3 Å². The van der Waals surface area contributed by atoms with Crippen LogP contribution in [0.25, 0.3) is 0 Å². The molecule has 166 valence electrons. The van der Waals surface area contributed by atoms with E-state index in [2.05, 4.69) is 10.6 Å². The average molecular weight is 471 g/mol. The van der Waals surface area contributed by atoms with Crippen LogP contribution in [-0.2, 0) is 17.6 Å². The van der Waals surface area contributed by atoms with Crippen LogP contribution >= 0.6 is 22.9 Å². The molecule has 0 aliphatic heterocycles. The van der Waals surface area contributed by atoms with Gasteiger partial charge in [0.2, 0.25) is 0 Å². The van der Waals surface area contributed by atoms with Crippen molar-refractivity contribution in [3.63, 3.8) is 0 Å². The Balaban J connectivity index is 1.50. The van der Waals surface area contributed by atoms with Gasteiger partial charge in [-0.1, -0.05) is 23.7 Å². The number of thiophene rings is 1. The van der Waals surface area contributed by atoms with Crippen LogP contribution in [0.15, 0.2) is 48.5 Å². The Morgan fingerprint density at radius 1 is 1.03 bits per heavy atom. The third kappa shape index (κ3) is 5.06. The molecule has 1 aliphatic carbocycles. The summed E-state index contributed by atoms with van der Waals surface area (Å²) in [7, 11) is 0. The van der Waals surface area contributed by atoms with Crippen molar-refractivity contribution in [1.82, 2.24) is 0 Å². The molecule has 32 heavy (non-hydrogen) atoms. The SMILES string of the molecule is CCOc1ccccc1NC(=O)c1c(NC(=O)COc2ccc(Cl)cc2)sc2c1CCC2. The van der Waals surface area contributed by atoms with E-state index in [1.807, 2.05) is 25.1 Å². The van der Waals surface area contributed by atoms with Crippen LogP contribution in [0.4, 0.5) is 10.7 Å². The second-order valence-corrected chi connectivity index (χ2v) is 8.78. The van der Waals surface area contributed by atoms with Gasteiger partial charge < -0.3 is 20.1 Å². The fourth-order valence-electron chi connectivity index (χ4n) is 3.61. The monoisotopic (exact) mass is 470 g/mol. The maximum absolute atomic E-state index is 13.2. The highest BCUT2D eigenvalue weighted by Gasteiger charge is 2.28. The molecular weight excluding hydrogens is 448 g/mol. The molecule has 2 N–H and O–H groups in total. The van der Waals surface area contributed by atoms with E-state index < -0.39 is 0 Å². The largest absolute Gasteiger partial charge is 0.492 e. The minimum Gasteiger partial charge on any atom is -0.492 e. The first-order chi connectivity index (χ1) is 15.5. The third-order valence-electron chi connectivity index (χ3n) is 5.02. The number of hydrogen-bond acceptors (Lipinski definition) is 5. The summed E-state index contributed by atoms with van der Waals surface area (Å²) >= 11 is 7.33. The lowest BCUT2D eigenvalue weighted by Gasteiger charge is -2.13. The van der Waals surface area contributed by atoms with Gasteiger partial charge in [0.15, 0.2) is 6.61 Å². The van der Waals surface area contributed by atoms with E-state index in [0.717, 1.165) is 29.7 Å². The fraction of sp³-hybridized carbons (Fsp3) is 0.250. The summed E-state index contributed by atoms with van der Waals surface area (Å²) in [6.07, 6.45) is 2.73. The van der Waals surface area contributed by atoms with Gasteiger partial charge in [-0.05, 0) is 68.1 Å². The second-order valence-electron chi connectivity index (χ2n) is 7.24. The minimum absolute atomic E-state index is 0.168. The van der Waals surface area contributed by atoms with Crippen LogP contribution < -0.4 is 20.1 Å². The number of nitrogens with one attached hydrogen (secondary N) is 2. The van der Waals surface area contributed by atoms with Crippen molar-refractivity contribution in [2.75, 3.05) is 23.8 Å². The summed E-state index contributed by atoms with van der Waals surface area (Å²) < 4.78 is 11.1. The van der Waals surface area contributed by atoms with E-state index in [1.54, 1.807) is 30.3 Å². The molecule has 0 radical (unpaired) electrons. The summed E-state index contributed by atoms with van der Waals surface area (Å²) in [6, 6.07) is 14.1. The number of aryl methyl sites for hydroxylation is 1. The number of carbonyl (C=O) groups excluding carboxylic acids is 2. The predicted octanol–water partition coefficient (Wildman–Crippen LogP) is 5.56. The standard InChI is InChI=1S/C24H23ClN2O4S/c1-2-30-19-8-4-3-7-18(19)26-23(29)22-17-6-5-9-20(17)32-24(22)27-21(28)14-31-16-12-10-15(25)11-13-16/h3-4,7-8,10-13H,2,5-6,9,14H2,1H3,(H,26,29)(H,27,28). The highest BCUT2D eigenvalue weighted by Crippen LogP contribution is 2.40. The van der Waals surface area contributed by atoms with Crippen molar-refractivity contribution in [1.29, 1.82) is 0 Å². The van der Waals surface area contributed by atoms with Crippen molar-refractivity contribution in [2.45, 2.75) is 26.2 Å². The molecule has 0 fully saturated rings. The normalized spacial score (nSPS) is 12.2. The van der Waals surface area contributed by atoms with E-state index in [0.29, 0.717) is 39.4 Å². The third-order valence-corrected chi connectivity index (χ3v) is 6.48. The molecule has 2 amide bonds. The van der Waals surface area contributed by atoms with Gasteiger partial charge in [0.05, 0.1) is 17.9 Å². The van der Waals surface area contributed by atoms with Gasteiger partial charge in [-0.15, -0.1) is 11.3 Å². The second kappa shape index (κ2) is 10.1. The predicted molar refractivity (Wildman–Crippen MR) is 127 cm³/mol. The van der Waals surface area contributed by atoms with Crippen LogP contribution in [0, 0.1) is 0 Å². The van der Waals surface area contributed by atoms with E-state index >= 15 is 0 Å². The Morgan fingerprint density at radius 3 is 2.59 bits per heavy atom. The van der Waals surface area contributed by atoms with E-state index in [-0.39, 0.29) is 18.4 Å². The molecule has 0 unspecified atom stereocenters. The molecule has 0 saturated heterocycles. The Bertz CT molecular complexity index is 1130. The maximum Gasteiger partial charge on any atom is 0.262 e.